The molecule has 3 aromatic carbocycles. The van der Waals surface area contributed by atoms with E-state index in [4.69, 9.17) is 4.74 Å². The smallest absolute Gasteiger partial charge is 0.260 e. The molecule has 0 heterocycles. The molecule has 0 saturated heterocycles. The van der Waals surface area contributed by atoms with Crippen LogP contribution in [0.5, 0.6) is 11.5 Å². The number of anilines is 1. The van der Waals surface area contributed by atoms with Gasteiger partial charge in [0.05, 0.1) is 18.2 Å². The van der Waals surface area contributed by atoms with Gasteiger partial charge < -0.3 is 4.74 Å². The lowest BCUT2D eigenvalue weighted by Gasteiger charge is -2.21. The SMILES string of the molecule is CS(=O)(=O)N(CC(=O)N/N=C\c1cccc(Br)c1)c1ccc(Oc2ccccc2)cc1. The molecule has 0 fully saturated rings. The molecule has 0 aromatic heterocycles. The van der Waals surface area contributed by atoms with Crippen LogP contribution in [0.15, 0.2) is 88.4 Å². The van der Waals surface area contributed by atoms with Gasteiger partial charge >= 0.3 is 0 Å². The number of sulfonamides is 1. The van der Waals surface area contributed by atoms with Crippen LogP contribution in [0.4, 0.5) is 5.69 Å². The van der Waals surface area contributed by atoms with Crippen molar-refractivity contribution < 1.29 is 17.9 Å². The second-order valence-electron chi connectivity index (χ2n) is 6.53. The minimum Gasteiger partial charge on any atom is -0.457 e. The Bertz CT molecular complexity index is 1170. The molecule has 3 aromatic rings. The van der Waals surface area contributed by atoms with Crippen molar-refractivity contribution in [3.63, 3.8) is 0 Å². The summed E-state index contributed by atoms with van der Waals surface area (Å²) in [5.74, 6) is 0.644. The van der Waals surface area contributed by atoms with E-state index in [1.165, 1.54) is 6.21 Å². The molecule has 0 radical (unpaired) electrons. The number of hydrogen-bond acceptors (Lipinski definition) is 5. The molecule has 31 heavy (non-hydrogen) atoms. The molecule has 0 saturated carbocycles. The summed E-state index contributed by atoms with van der Waals surface area (Å²) in [5.41, 5.74) is 3.47. The molecule has 0 spiro atoms. The van der Waals surface area contributed by atoms with E-state index < -0.39 is 22.5 Å². The van der Waals surface area contributed by atoms with E-state index in [1.54, 1.807) is 24.3 Å². The molecule has 9 heteroatoms. The maximum Gasteiger partial charge on any atom is 0.260 e. The maximum atomic E-state index is 12.3. The average molecular weight is 502 g/mol. The minimum atomic E-state index is -3.69. The summed E-state index contributed by atoms with van der Waals surface area (Å²) < 4.78 is 32.1. The number of carbonyl (C=O) groups is 1. The Balaban J connectivity index is 1.66. The molecule has 1 N–H and O–H groups in total. The van der Waals surface area contributed by atoms with Gasteiger partial charge in [-0.1, -0.05) is 46.3 Å². The number of amides is 1. The Kier molecular flexibility index (Phi) is 7.43. The zero-order valence-corrected chi connectivity index (χ0v) is 19.0. The predicted octanol–water partition coefficient (Wildman–Crippen LogP) is 4.16. The highest BCUT2D eigenvalue weighted by Crippen LogP contribution is 2.25. The first kappa shape index (κ1) is 22.5. The van der Waals surface area contributed by atoms with Crippen LogP contribution in [0, 0.1) is 0 Å². The molecular formula is C22H20BrN3O4S. The molecule has 1 amide bonds. The third kappa shape index (κ3) is 6.94. The van der Waals surface area contributed by atoms with Gasteiger partial charge in [-0.25, -0.2) is 13.8 Å². The van der Waals surface area contributed by atoms with Crippen LogP contribution < -0.4 is 14.5 Å². The first-order valence-electron chi connectivity index (χ1n) is 9.19. The Morgan fingerprint density at radius 2 is 1.71 bits per heavy atom. The summed E-state index contributed by atoms with van der Waals surface area (Å²) in [6.45, 7) is -0.409. The van der Waals surface area contributed by atoms with Crippen LogP contribution in [-0.4, -0.2) is 33.3 Å². The molecular weight excluding hydrogens is 482 g/mol. The summed E-state index contributed by atoms with van der Waals surface area (Å²) in [7, 11) is -3.69. The van der Waals surface area contributed by atoms with E-state index in [9.17, 15) is 13.2 Å². The lowest BCUT2D eigenvalue weighted by atomic mass is 10.2. The topological polar surface area (TPSA) is 88.1 Å². The van der Waals surface area contributed by atoms with Crippen molar-refractivity contribution in [3.05, 3.63) is 88.9 Å². The average Bonchev–Trinajstić information content (AvgIpc) is 2.73. The minimum absolute atomic E-state index is 0.342. The van der Waals surface area contributed by atoms with Gasteiger partial charge in [-0.15, -0.1) is 0 Å². The monoisotopic (exact) mass is 501 g/mol. The van der Waals surface area contributed by atoms with Crippen molar-refractivity contribution in [2.24, 2.45) is 5.10 Å². The lowest BCUT2D eigenvalue weighted by Crippen LogP contribution is -2.38. The third-order valence-corrected chi connectivity index (χ3v) is 5.68. The van der Waals surface area contributed by atoms with Crippen molar-refractivity contribution in [2.45, 2.75) is 0 Å². The highest BCUT2D eigenvalue weighted by Gasteiger charge is 2.20. The maximum absolute atomic E-state index is 12.3. The summed E-state index contributed by atoms with van der Waals surface area (Å²) in [5, 5.41) is 3.89. The number of hydrogen-bond donors (Lipinski definition) is 1. The van der Waals surface area contributed by atoms with Gasteiger partial charge in [0, 0.05) is 4.47 Å². The van der Waals surface area contributed by atoms with Gasteiger partial charge in [-0.2, -0.15) is 5.10 Å². The van der Waals surface area contributed by atoms with Crippen molar-refractivity contribution in [1.29, 1.82) is 0 Å². The summed E-state index contributed by atoms with van der Waals surface area (Å²) in [6, 6.07) is 23.0. The number of nitrogens with zero attached hydrogens (tertiary/aromatic N) is 2. The molecule has 0 unspecified atom stereocenters. The molecule has 160 valence electrons. The standard InChI is InChI=1S/C22H20BrN3O4S/c1-31(28,29)26(16-22(27)25-24-15-17-6-5-7-18(23)14-17)19-10-12-21(13-11-19)30-20-8-3-2-4-9-20/h2-15H,16H2,1H3,(H,25,27)/b24-15-. The normalized spacial score (nSPS) is 11.3. The third-order valence-electron chi connectivity index (χ3n) is 4.04. The highest BCUT2D eigenvalue weighted by atomic mass is 79.9. The second-order valence-corrected chi connectivity index (χ2v) is 9.35. The fourth-order valence-electron chi connectivity index (χ4n) is 2.64. The molecule has 7 nitrogen and oxygen atoms in total. The Labute approximate surface area is 189 Å². The molecule has 0 aliphatic rings. The molecule has 3 rings (SSSR count). The van der Waals surface area contributed by atoms with Gasteiger partial charge in [-0.05, 0) is 54.1 Å². The van der Waals surface area contributed by atoms with Crippen molar-refractivity contribution in [3.8, 4) is 11.5 Å². The molecule has 0 aliphatic heterocycles. The summed E-state index contributed by atoms with van der Waals surface area (Å²) in [6.07, 6.45) is 2.52. The lowest BCUT2D eigenvalue weighted by molar-refractivity contribution is -0.119. The Hall–Kier alpha value is -3.17. The van der Waals surface area contributed by atoms with Gasteiger partial charge in [0.15, 0.2) is 0 Å². The van der Waals surface area contributed by atoms with Crippen LogP contribution in [-0.2, 0) is 14.8 Å². The van der Waals surface area contributed by atoms with Crippen LogP contribution in [0.2, 0.25) is 0 Å². The van der Waals surface area contributed by atoms with Crippen LogP contribution >= 0.6 is 15.9 Å². The highest BCUT2D eigenvalue weighted by molar-refractivity contribution is 9.10. The number of carbonyl (C=O) groups excluding carboxylic acids is 1. The van der Waals surface area contributed by atoms with Crippen LogP contribution in [0.1, 0.15) is 5.56 Å². The van der Waals surface area contributed by atoms with E-state index in [0.717, 1.165) is 20.6 Å². The molecule has 0 bridgehead atoms. The number of rotatable bonds is 8. The predicted molar refractivity (Wildman–Crippen MR) is 125 cm³/mol. The van der Waals surface area contributed by atoms with Crippen LogP contribution in [0.25, 0.3) is 0 Å². The fourth-order valence-corrected chi connectivity index (χ4v) is 3.91. The second kappa shape index (κ2) is 10.2. The van der Waals surface area contributed by atoms with Crippen LogP contribution in [0.3, 0.4) is 0 Å². The van der Waals surface area contributed by atoms with Crippen molar-refractivity contribution >= 4 is 43.8 Å². The van der Waals surface area contributed by atoms with Gasteiger partial charge in [0.2, 0.25) is 10.0 Å². The van der Waals surface area contributed by atoms with Gasteiger partial charge in [0.1, 0.15) is 18.0 Å². The summed E-state index contributed by atoms with van der Waals surface area (Å²) >= 11 is 3.36. The number of benzene rings is 3. The van der Waals surface area contributed by atoms with Crippen molar-refractivity contribution in [1.82, 2.24) is 5.43 Å². The number of ether oxygens (including phenoxy) is 1. The van der Waals surface area contributed by atoms with E-state index in [-0.39, 0.29) is 0 Å². The molecule has 0 atom stereocenters. The molecule has 0 aliphatic carbocycles. The zero-order valence-electron chi connectivity index (χ0n) is 16.6. The van der Waals surface area contributed by atoms with E-state index in [1.807, 2.05) is 54.6 Å². The van der Waals surface area contributed by atoms with Gasteiger partial charge in [-0.3, -0.25) is 9.10 Å². The summed E-state index contributed by atoms with van der Waals surface area (Å²) in [4.78, 5) is 12.3. The van der Waals surface area contributed by atoms with E-state index >= 15 is 0 Å². The Morgan fingerprint density at radius 1 is 1.03 bits per heavy atom. The first-order chi connectivity index (χ1) is 14.8. The Morgan fingerprint density at radius 3 is 2.35 bits per heavy atom. The zero-order chi connectivity index (χ0) is 22.3. The van der Waals surface area contributed by atoms with E-state index in [2.05, 4.69) is 26.5 Å². The van der Waals surface area contributed by atoms with Gasteiger partial charge in [0.25, 0.3) is 5.91 Å². The fraction of sp³-hybridized carbons (Fsp3) is 0.0909. The first-order valence-corrected chi connectivity index (χ1v) is 11.8. The number of hydrazone groups is 1. The number of nitrogens with one attached hydrogen (secondary N) is 1. The van der Waals surface area contributed by atoms with E-state index in [0.29, 0.717) is 17.2 Å². The van der Waals surface area contributed by atoms with Crippen molar-refractivity contribution in [2.75, 3.05) is 17.1 Å². The number of halogens is 1. The number of para-hydroxylation sites is 1. The largest absolute Gasteiger partial charge is 0.457 e. The quantitative estimate of drug-likeness (QED) is 0.370.